The molecule has 1 fully saturated rings. The minimum atomic E-state index is -0.314. The van der Waals surface area contributed by atoms with Gasteiger partial charge in [-0.25, -0.2) is 0 Å². The molecule has 1 aromatic carbocycles. The number of benzene rings is 1. The van der Waals surface area contributed by atoms with Crippen LogP contribution in [-0.4, -0.2) is 66.1 Å². The fraction of sp³-hybridized carbons (Fsp3) is 0.400. The summed E-state index contributed by atoms with van der Waals surface area (Å²) in [5, 5.41) is 10.3. The van der Waals surface area contributed by atoms with Crippen LogP contribution in [0.5, 0.6) is 0 Å². The topological polar surface area (TPSA) is 78.6 Å². The van der Waals surface area contributed by atoms with Gasteiger partial charge in [0.05, 0.1) is 12.6 Å². The van der Waals surface area contributed by atoms with E-state index in [4.69, 9.17) is 16.3 Å². The molecular weight excluding hydrogens is 440 g/mol. The molecule has 0 bridgehead atoms. The Morgan fingerprint density at radius 2 is 1.76 bits per heavy atom. The normalized spacial score (nSPS) is 15.3. The number of methoxy groups -OCH3 is 1. The van der Waals surface area contributed by atoms with Crippen molar-refractivity contribution < 1.29 is 14.3 Å². The summed E-state index contributed by atoms with van der Waals surface area (Å²) in [7, 11) is 1.67. The number of aromatic nitrogens is 1. The lowest BCUT2D eigenvalue weighted by Crippen LogP contribution is -2.50. The number of nitrogens with zero attached hydrogens (tertiary/aromatic N) is 4. The van der Waals surface area contributed by atoms with Crippen LogP contribution in [0, 0.1) is 25.2 Å². The van der Waals surface area contributed by atoms with Gasteiger partial charge in [-0.2, -0.15) is 5.26 Å². The number of halogens is 1. The Bertz CT molecular complexity index is 1090. The third-order valence-electron chi connectivity index (χ3n) is 5.97. The molecule has 0 spiro atoms. The summed E-state index contributed by atoms with van der Waals surface area (Å²) in [6.45, 7) is 8.19. The van der Waals surface area contributed by atoms with Crippen LogP contribution in [0.3, 0.4) is 0 Å². The van der Waals surface area contributed by atoms with E-state index in [1.807, 2.05) is 19.9 Å². The van der Waals surface area contributed by atoms with Crippen LogP contribution in [0.4, 0.5) is 0 Å². The SMILES string of the molecule is COCC(C)n1c(C)cc(/C=C(\C#N)C(=O)N2CCN(C(=O)c3ccc(Cl)cc3)CC2)c1C. The molecule has 3 rings (SSSR count). The van der Waals surface area contributed by atoms with Gasteiger partial charge >= 0.3 is 0 Å². The highest BCUT2D eigenvalue weighted by Crippen LogP contribution is 2.23. The average Bonchev–Trinajstić information content (AvgIpc) is 3.10. The standard InChI is InChI=1S/C25H29ClN4O3/c1-17-13-21(19(3)30(17)18(2)16-33-4)14-22(15-27)25(32)29-11-9-28(10-12-29)24(31)20-5-7-23(26)8-6-20/h5-8,13-14,18H,9-12,16H2,1-4H3/b22-14+. The Morgan fingerprint density at radius 1 is 1.15 bits per heavy atom. The summed E-state index contributed by atoms with van der Waals surface area (Å²) in [6, 6.07) is 11.0. The number of hydrogen-bond donors (Lipinski definition) is 0. The zero-order valence-corrected chi connectivity index (χ0v) is 20.2. The summed E-state index contributed by atoms with van der Waals surface area (Å²) < 4.78 is 7.42. The molecule has 0 N–H and O–H groups in total. The molecule has 1 saturated heterocycles. The van der Waals surface area contributed by atoms with Gasteiger partial charge in [-0.05, 0) is 62.7 Å². The number of piperazine rings is 1. The van der Waals surface area contributed by atoms with Crippen molar-refractivity contribution >= 4 is 29.5 Å². The van der Waals surface area contributed by atoms with Crippen molar-refractivity contribution in [1.82, 2.24) is 14.4 Å². The van der Waals surface area contributed by atoms with E-state index in [2.05, 4.69) is 17.6 Å². The number of carbonyl (C=O) groups is 2. The number of ether oxygens (including phenoxy) is 1. The summed E-state index contributed by atoms with van der Waals surface area (Å²) in [4.78, 5) is 29.1. The van der Waals surface area contributed by atoms with Crippen LogP contribution in [0.2, 0.25) is 5.02 Å². The van der Waals surface area contributed by atoms with Gasteiger partial charge in [0, 0.05) is 55.3 Å². The highest BCUT2D eigenvalue weighted by Gasteiger charge is 2.27. The third kappa shape index (κ3) is 5.47. The molecule has 1 unspecified atom stereocenters. The Balaban J connectivity index is 1.70. The van der Waals surface area contributed by atoms with E-state index in [0.29, 0.717) is 43.4 Å². The fourth-order valence-corrected chi connectivity index (χ4v) is 4.42. The Labute approximate surface area is 199 Å². The van der Waals surface area contributed by atoms with Gasteiger partial charge in [0.2, 0.25) is 0 Å². The summed E-state index contributed by atoms with van der Waals surface area (Å²) in [5.41, 5.74) is 3.53. The summed E-state index contributed by atoms with van der Waals surface area (Å²) >= 11 is 5.90. The molecule has 33 heavy (non-hydrogen) atoms. The van der Waals surface area contributed by atoms with Crippen molar-refractivity contribution in [3.8, 4) is 6.07 Å². The number of carbonyl (C=O) groups excluding carboxylic acids is 2. The number of rotatable bonds is 6. The highest BCUT2D eigenvalue weighted by atomic mass is 35.5. The fourth-order valence-electron chi connectivity index (χ4n) is 4.30. The molecule has 0 aliphatic carbocycles. The Hall–Kier alpha value is -3.08. The van der Waals surface area contributed by atoms with Gasteiger partial charge in [0.1, 0.15) is 11.6 Å². The van der Waals surface area contributed by atoms with Crippen molar-refractivity contribution in [3.05, 3.63) is 63.4 Å². The van der Waals surface area contributed by atoms with E-state index in [-0.39, 0.29) is 23.4 Å². The number of amides is 2. The molecule has 174 valence electrons. The molecule has 1 atom stereocenters. The minimum absolute atomic E-state index is 0.0899. The van der Waals surface area contributed by atoms with Gasteiger partial charge in [0.15, 0.2) is 0 Å². The molecule has 2 amide bonds. The maximum atomic E-state index is 13.0. The maximum Gasteiger partial charge on any atom is 0.264 e. The Kier molecular flexibility index (Phi) is 7.96. The minimum Gasteiger partial charge on any atom is -0.383 e. The second kappa shape index (κ2) is 10.7. The smallest absolute Gasteiger partial charge is 0.264 e. The lowest BCUT2D eigenvalue weighted by atomic mass is 10.1. The first-order chi connectivity index (χ1) is 15.8. The maximum absolute atomic E-state index is 13.0. The monoisotopic (exact) mass is 468 g/mol. The average molecular weight is 469 g/mol. The van der Waals surface area contributed by atoms with E-state index < -0.39 is 0 Å². The van der Waals surface area contributed by atoms with E-state index >= 15 is 0 Å². The van der Waals surface area contributed by atoms with E-state index in [9.17, 15) is 14.9 Å². The first-order valence-electron chi connectivity index (χ1n) is 10.9. The van der Waals surface area contributed by atoms with Gasteiger partial charge in [0.25, 0.3) is 11.8 Å². The van der Waals surface area contributed by atoms with E-state index in [1.165, 1.54) is 0 Å². The largest absolute Gasteiger partial charge is 0.383 e. The van der Waals surface area contributed by atoms with E-state index in [0.717, 1.165) is 17.0 Å². The molecule has 7 nitrogen and oxygen atoms in total. The second-order valence-corrected chi connectivity index (χ2v) is 8.70. The Morgan fingerprint density at radius 3 is 2.33 bits per heavy atom. The molecule has 0 saturated carbocycles. The quantitative estimate of drug-likeness (QED) is 0.476. The second-order valence-electron chi connectivity index (χ2n) is 8.26. The van der Waals surface area contributed by atoms with E-state index in [1.54, 1.807) is 47.3 Å². The van der Waals surface area contributed by atoms with Crippen LogP contribution in [0.1, 0.15) is 40.3 Å². The lowest BCUT2D eigenvalue weighted by molar-refractivity contribution is -0.128. The highest BCUT2D eigenvalue weighted by molar-refractivity contribution is 6.30. The first kappa shape index (κ1) is 24.6. The zero-order valence-electron chi connectivity index (χ0n) is 19.5. The third-order valence-corrected chi connectivity index (χ3v) is 6.22. The molecule has 0 radical (unpaired) electrons. The van der Waals surface area contributed by atoms with Gasteiger partial charge in [-0.3, -0.25) is 9.59 Å². The first-order valence-corrected chi connectivity index (χ1v) is 11.3. The van der Waals surface area contributed by atoms with Crippen molar-refractivity contribution in [3.63, 3.8) is 0 Å². The molecule has 2 aromatic rings. The molecule has 8 heteroatoms. The van der Waals surface area contributed by atoms with Crippen LogP contribution >= 0.6 is 11.6 Å². The predicted octanol–water partition coefficient (Wildman–Crippen LogP) is 3.86. The van der Waals surface area contributed by atoms with Crippen LogP contribution in [0.25, 0.3) is 6.08 Å². The lowest BCUT2D eigenvalue weighted by Gasteiger charge is -2.34. The number of nitriles is 1. The number of aryl methyl sites for hydroxylation is 1. The molecule has 1 aliphatic heterocycles. The van der Waals surface area contributed by atoms with Gasteiger partial charge < -0.3 is 19.1 Å². The van der Waals surface area contributed by atoms with Crippen molar-refractivity contribution in [2.75, 3.05) is 39.9 Å². The number of hydrogen-bond acceptors (Lipinski definition) is 4. The van der Waals surface area contributed by atoms with Crippen LogP contribution in [-0.2, 0) is 9.53 Å². The van der Waals surface area contributed by atoms with Gasteiger partial charge in [-0.15, -0.1) is 0 Å². The van der Waals surface area contributed by atoms with Crippen molar-refractivity contribution in [1.29, 1.82) is 5.26 Å². The predicted molar refractivity (Wildman–Crippen MR) is 128 cm³/mol. The van der Waals surface area contributed by atoms with Crippen LogP contribution < -0.4 is 0 Å². The molecule has 1 aliphatic rings. The molecular formula is C25H29ClN4O3. The summed E-state index contributed by atoms with van der Waals surface area (Å²) in [6.07, 6.45) is 1.66. The summed E-state index contributed by atoms with van der Waals surface area (Å²) in [5.74, 6) is -0.404. The zero-order chi connectivity index (χ0) is 24.1. The van der Waals surface area contributed by atoms with Gasteiger partial charge in [-0.1, -0.05) is 11.6 Å². The molecule has 1 aromatic heterocycles. The van der Waals surface area contributed by atoms with Crippen molar-refractivity contribution in [2.45, 2.75) is 26.8 Å². The van der Waals surface area contributed by atoms with Crippen molar-refractivity contribution in [2.24, 2.45) is 0 Å². The molecule has 2 heterocycles. The van der Waals surface area contributed by atoms with Crippen LogP contribution in [0.15, 0.2) is 35.9 Å².